The third kappa shape index (κ3) is 2.61. The molecule has 5 heteroatoms. The van der Waals surface area contributed by atoms with Gasteiger partial charge >= 0.3 is 0 Å². The summed E-state index contributed by atoms with van der Waals surface area (Å²) in [6.45, 7) is 2.90. The summed E-state index contributed by atoms with van der Waals surface area (Å²) in [5.41, 5.74) is 5.81. The Morgan fingerprint density at radius 3 is 2.89 bits per heavy atom. The van der Waals surface area contributed by atoms with E-state index in [1.807, 2.05) is 0 Å². The van der Waals surface area contributed by atoms with Crippen LogP contribution >= 0.6 is 11.3 Å². The van der Waals surface area contributed by atoms with E-state index >= 15 is 0 Å². The lowest BCUT2D eigenvalue weighted by Crippen LogP contribution is -2.05. The van der Waals surface area contributed by atoms with E-state index in [0.29, 0.717) is 11.7 Å². The monoisotopic (exact) mass is 260 g/mol. The van der Waals surface area contributed by atoms with Gasteiger partial charge in [-0.15, -0.1) is 11.3 Å². The van der Waals surface area contributed by atoms with Gasteiger partial charge < -0.3 is 11.1 Å². The Morgan fingerprint density at radius 2 is 2.22 bits per heavy atom. The van der Waals surface area contributed by atoms with Crippen LogP contribution in [0.25, 0.3) is 0 Å². The Hall–Kier alpha value is -1.62. The maximum atomic E-state index is 5.81. The minimum atomic E-state index is 0.526. The van der Waals surface area contributed by atoms with Gasteiger partial charge in [-0.25, -0.2) is 9.97 Å². The maximum absolute atomic E-state index is 5.81. The summed E-state index contributed by atoms with van der Waals surface area (Å²) in [6.07, 6.45) is 2.38. The maximum Gasteiger partial charge on any atom is 0.136 e. The zero-order valence-electron chi connectivity index (χ0n) is 10.3. The van der Waals surface area contributed by atoms with E-state index in [-0.39, 0.29) is 0 Å². The van der Waals surface area contributed by atoms with Gasteiger partial charge in [0.25, 0.3) is 0 Å². The van der Waals surface area contributed by atoms with Gasteiger partial charge in [0.2, 0.25) is 0 Å². The highest BCUT2D eigenvalue weighted by molar-refractivity contribution is 7.11. The Labute approximate surface area is 110 Å². The molecule has 0 atom stereocenters. The van der Waals surface area contributed by atoms with Crippen molar-refractivity contribution in [1.82, 2.24) is 9.97 Å². The first kappa shape index (κ1) is 11.5. The average Bonchev–Trinajstić information content (AvgIpc) is 3.10. The summed E-state index contributed by atoms with van der Waals surface area (Å²) in [7, 11) is 0. The molecule has 94 valence electrons. The molecule has 2 heterocycles. The van der Waals surface area contributed by atoms with Crippen LogP contribution < -0.4 is 11.1 Å². The van der Waals surface area contributed by atoms with E-state index < -0.39 is 0 Å². The Bertz CT molecular complexity index is 560. The van der Waals surface area contributed by atoms with Gasteiger partial charge in [0.1, 0.15) is 17.5 Å². The third-order valence-corrected chi connectivity index (χ3v) is 3.95. The third-order valence-electron chi connectivity index (χ3n) is 2.95. The number of nitrogens with one attached hydrogen (secondary N) is 1. The number of hydrogen-bond acceptors (Lipinski definition) is 5. The lowest BCUT2D eigenvalue weighted by molar-refractivity contribution is 0.927. The van der Waals surface area contributed by atoms with Crippen LogP contribution in [0, 0.1) is 6.92 Å². The molecule has 0 saturated heterocycles. The summed E-state index contributed by atoms with van der Waals surface area (Å²) in [4.78, 5) is 11.4. The van der Waals surface area contributed by atoms with Gasteiger partial charge in [-0.05, 0) is 31.9 Å². The topological polar surface area (TPSA) is 63.8 Å². The molecule has 1 aliphatic rings. The molecular weight excluding hydrogens is 244 g/mol. The molecule has 18 heavy (non-hydrogen) atoms. The first-order valence-corrected chi connectivity index (χ1v) is 6.96. The lowest BCUT2D eigenvalue weighted by Gasteiger charge is -2.07. The number of nitrogen functional groups attached to an aromatic ring is 1. The van der Waals surface area contributed by atoms with Crippen LogP contribution in [0.1, 0.15) is 34.3 Å². The van der Waals surface area contributed by atoms with Gasteiger partial charge in [0.15, 0.2) is 0 Å². The van der Waals surface area contributed by atoms with Crippen LogP contribution in [0.4, 0.5) is 11.6 Å². The minimum Gasteiger partial charge on any atom is -0.384 e. The number of rotatable bonds is 4. The molecule has 0 aliphatic heterocycles. The fourth-order valence-corrected chi connectivity index (χ4v) is 2.69. The smallest absolute Gasteiger partial charge is 0.136 e. The highest BCUT2D eigenvalue weighted by Crippen LogP contribution is 2.38. The largest absolute Gasteiger partial charge is 0.384 e. The molecular formula is C13H16N4S. The second-order valence-electron chi connectivity index (χ2n) is 4.68. The predicted molar refractivity (Wildman–Crippen MR) is 74.8 cm³/mol. The van der Waals surface area contributed by atoms with Crippen molar-refractivity contribution in [2.45, 2.75) is 32.2 Å². The van der Waals surface area contributed by atoms with Gasteiger partial charge in [-0.2, -0.15) is 0 Å². The molecule has 3 N–H and O–H groups in total. The van der Waals surface area contributed by atoms with Crippen molar-refractivity contribution in [2.75, 3.05) is 11.1 Å². The summed E-state index contributed by atoms with van der Waals surface area (Å²) in [5.74, 6) is 2.80. The molecule has 1 aliphatic carbocycles. The molecule has 0 amide bonds. The number of thiophene rings is 1. The number of aromatic nitrogens is 2. The summed E-state index contributed by atoms with van der Waals surface area (Å²) in [5, 5.41) is 3.32. The minimum absolute atomic E-state index is 0.526. The first-order chi connectivity index (χ1) is 8.70. The molecule has 0 aromatic carbocycles. The fraction of sp³-hybridized carbons (Fsp3) is 0.385. The molecule has 0 spiro atoms. The number of nitrogens with two attached hydrogens (primary N) is 1. The predicted octanol–water partition coefficient (Wildman–Crippen LogP) is 2.92. The van der Waals surface area contributed by atoms with Crippen LogP contribution in [0.2, 0.25) is 0 Å². The van der Waals surface area contributed by atoms with E-state index in [1.165, 1.54) is 22.6 Å². The average molecular weight is 260 g/mol. The molecule has 0 bridgehead atoms. The molecule has 4 nitrogen and oxygen atoms in total. The molecule has 2 aromatic rings. The fourth-order valence-electron chi connectivity index (χ4n) is 1.86. The van der Waals surface area contributed by atoms with Crippen molar-refractivity contribution in [1.29, 1.82) is 0 Å². The van der Waals surface area contributed by atoms with Crippen LogP contribution in [-0.2, 0) is 6.54 Å². The van der Waals surface area contributed by atoms with Crippen molar-refractivity contribution < 1.29 is 0 Å². The molecule has 0 unspecified atom stereocenters. The summed E-state index contributed by atoms with van der Waals surface area (Å²) in [6, 6.07) is 6.07. The van der Waals surface area contributed by atoms with Crippen molar-refractivity contribution in [3.63, 3.8) is 0 Å². The number of aryl methyl sites for hydroxylation is 1. The number of hydrogen-bond donors (Lipinski definition) is 2. The van der Waals surface area contributed by atoms with Crippen LogP contribution in [0.3, 0.4) is 0 Å². The van der Waals surface area contributed by atoms with E-state index in [2.05, 4.69) is 34.3 Å². The second kappa shape index (κ2) is 4.57. The van der Waals surface area contributed by atoms with E-state index in [9.17, 15) is 0 Å². The quantitative estimate of drug-likeness (QED) is 0.887. The zero-order chi connectivity index (χ0) is 12.5. The van der Waals surface area contributed by atoms with Crippen LogP contribution in [0.5, 0.6) is 0 Å². The molecule has 0 radical (unpaired) electrons. The van der Waals surface area contributed by atoms with Crippen LogP contribution in [0.15, 0.2) is 18.2 Å². The molecule has 2 aromatic heterocycles. The number of nitrogens with zero attached hydrogens (tertiary/aromatic N) is 2. The normalized spacial score (nSPS) is 14.7. The van der Waals surface area contributed by atoms with Gasteiger partial charge in [0, 0.05) is 21.7 Å². The Kier molecular flexibility index (Phi) is 2.91. The van der Waals surface area contributed by atoms with E-state index in [0.717, 1.165) is 18.2 Å². The Morgan fingerprint density at radius 1 is 1.39 bits per heavy atom. The Balaban J connectivity index is 1.71. The molecule has 1 saturated carbocycles. The second-order valence-corrected chi connectivity index (χ2v) is 6.05. The summed E-state index contributed by atoms with van der Waals surface area (Å²) >= 11 is 1.80. The van der Waals surface area contributed by atoms with Crippen molar-refractivity contribution >= 4 is 23.0 Å². The van der Waals surface area contributed by atoms with Gasteiger partial charge in [0.05, 0.1) is 6.54 Å². The first-order valence-electron chi connectivity index (χ1n) is 6.14. The summed E-state index contributed by atoms with van der Waals surface area (Å²) < 4.78 is 0. The standard InChI is InChI=1S/C13H16N4S/c1-8-2-5-10(18-8)7-15-12-6-11(14)16-13(17-12)9-3-4-9/h2,5-6,9H,3-4,7H2,1H3,(H3,14,15,16,17). The van der Waals surface area contributed by atoms with Crippen molar-refractivity contribution in [3.05, 3.63) is 33.8 Å². The highest BCUT2D eigenvalue weighted by atomic mass is 32.1. The highest BCUT2D eigenvalue weighted by Gasteiger charge is 2.27. The lowest BCUT2D eigenvalue weighted by atomic mass is 10.3. The molecule has 1 fully saturated rings. The van der Waals surface area contributed by atoms with Crippen molar-refractivity contribution in [2.24, 2.45) is 0 Å². The van der Waals surface area contributed by atoms with Crippen LogP contribution in [-0.4, -0.2) is 9.97 Å². The van der Waals surface area contributed by atoms with E-state index in [4.69, 9.17) is 5.73 Å². The number of anilines is 2. The van der Waals surface area contributed by atoms with Gasteiger partial charge in [-0.1, -0.05) is 0 Å². The van der Waals surface area contributed by atoms with E-state index in [1.54, 1.807) is 17.4 Å². The molecule has 3 rings (SSSR count). The van der Waals surface area contributed by atoms with Gasteiger partial charge in [-0.3, -0.25) is 0 Å². The SMILES string of the molecule is Cc1ccc(CNc2cc(N)nc(C3CC3)n2)s1. The van der Waals surface area contributed by atoms with Crippen molar-refractivity contribution in [3.8, 4) is 0 Å². The zero-order valence-corrected chi connectivity index (χ0v) is 11.1.